The van der Waals surface area contributed by atoms with Gasteiger partial charge < -0.3 is 4.90 Å². The van der Waals surface area contributed by atoms with E-state index >= 15 is 0 Å². The first kappa shape index (κ1) is 15.9. The van der Waals surface area contributed by atoms with Crippen molar-refractivity contribution in [2.45, 2.75) is 6.54 Å². The van der Waals surface area contributed by atoms with Gasteiger partial charge in [-0.2, -0.15) is 0 Å². The third-order valence-electron chi connectivity index (χ3n) is 3.81. The van der Waals surface area contributed by atoms with Crippen molar-refractivity contribution in [3.63, 3.8) is 0 Å². The van der Waals surface area contributed by atoms with Crippen molar-refractivity contribution in [3.05, 3.63) is 71.4 Å². The molecule has 3 aromatic heterocycles. The van der Waals surface area contributed by atoms with E-state index in [2.05, 4.69) is 16.0 Å². The number of rotatable bonds is 4. The number of carbonyl (C=O) groups is 1. The summed E-state index contributed by atoms with van der Waals surface area (Å²) in [4.78, 5) is 24.9. The monoisotopic (exact) mass is 365 g/mol. The van der Waals surface area contributed by atoms with Crippen molar-refractivity contribution in [1.82, 2.24) is 14.9 Å². The van der Waals surface area contributed by atoms with Crippen molar-refractivity contribution in [2.24, 2.45) is 0 Å². The first-order chi connectivity index (χ1) is 12.2. The molecule has 1 aromatic carbocycles. The smallest absolute Gasteiger partial charge is 0.263 e. The molecule has 0 aliphatic heterocycles. The van der Waals surface area contributed by atoms with Crippen molar-refractivity contribution < 1.29 is 4.79 Å². The number of nitrogens with zero attached hydrogens (tertiary/aromatic N) is 3. The number of benzene rings is 1. The lowest BCUT2D eigenvalue weighted by Crippen LogP contribution is -2.25. The molecule has 4 aromatic rings. The molecule has 0 unspecified atom stereocenters. The number of hydrogen-bond donors (Lipinski definition) is 0. The molecule has 6 heteroatoms. The third-order valence-corrected chi connectivity index (χ3v) is 6.09. The zero-order valence-electron chi connectivity index (χ0n) is 13.5. The van der Waals surface area contributed by atoms with E-state index in [4.69, 9.17) is 0 Å². The molecule has 0 fully saturated rings. The Bertz CT molecular complexity index is 990. The van der Waals surface area contributed by atoms with Crippen LogP contribution in [0.1, 0.15) is 15.2 Å². The summed E-state index contributed by atoms with van der Waals surface area (Å²) in [6.07, 6.45) is 3.51. The number of thiophene rings is 1. The van der Waals surface area contributed by atoms with Gasteiger partial charge >= 0.3 is 0 Å². The van der Waals surface area contributed by atoms with E-state index in [0.29, 0.717) is 6.54 Å². The Morgan fingerprint density at radius 1 is 1.08 bits per heavy atom. The molecule has 4 nitrogen and oxygen atoms in total. The quantitative estimate of drug-likeness (QED) is 0.527. The minimum absolute atomic E-state index is 0.0150. The lowest BCUT2D eigenvalue weighted by atomic mass is 10.2. The second-order valence-electron chi connectivity index (χ2n) is 5.67. The summed E-state index contributed by atoms with van der Waals surface area (Å²) >= 11 is 3.14. The highest BCUT2D eigenvalue weighted by Crippen LogP contribution is 2.34. The number of fused-ring (bicyclic) bond motifs is 1. The zero-order valence-corrected chi connectivity index (χ0v) is 15.2. The Labute approximate surface area is 153 Å². The standard InChI is InChI=1S/C19H15N3OS2/c1-22(12-13-5-4-10-20-11-13)19(23)17-9-8-16(24-17)18-21-14-6-2-3-7-15(14)25-18/h2-11H,12H2,1H3. The first-order valence-corrected chi connectivity index (χ1v) is 9.44. The molecule has 4 rings (SSSR count). The van der Waals surface area contributed by atoms with E-state index < -0.39 is 0 Å². The molecule has 0 bridgehead atoms. The molecule has 0 N–H and O–H groups in total. The Morgan fingerprint density at radius 2 is 1.96 bits per heavy atom. The molecule has 25 heavy (non-hydrogen) atoms. The van der Waals surface area contributed by atoms with Crippen LogP contribution in [-0.4, -0.2) is 27.8 Å². The highest BCUT2D eigenvalue weighted by Gasteiger charge is 2.16. The maximum atomic E-state index is 12.7. The molecule has 3 heterocycles. The summed E-state index contributed by atoms with van der Waals surface area (Å²) in [6, 6.07) is 15.8. The van der Waals surface area contributed by atoms with Gasteiger partial charge in [0, 0.05) is 26.0 Å². The van der Waals surface area contributed by atoms with Crippen LogP contribution in [0.2, 0.25) is 0 Å². The van der Waals surface area contributed by atoms with Crippen LogP contribution < -0.4 is 0 Å². The molecule has 1 amide bonds. The van der Waals surface area contributed by atoms with Gasteiger partial charge in [-0.15, -0.1) is 22.7 Å². The molecule has 0 saturated carbocycles. The SMILES string of the molecule is CN(Cc1cccnc1)C(=O)c1ccc(-c2nc3ccccc3s2)s1. The Balaban J connectivity index is 1.54. The summed E-state index contributed by atoms with van der Waals surface area (Å²) in [7, 11) is 1.81. The molecular weight excluding hydrogens is 350 g/mol. The number of hydrogen-bond acceptors (Lipinski definition) is 5. The van der Waals surface area contributed by atoms with Gasteiger partial charge in [0.05, 0.1) is 20.0 Å². The average molecular weight is 365 g/mol. The van der Waals surface area contributed by atoms with Gasteiger partial charge in [-0.05, 0) is 35.9 Å². The highest BCUT2D eigenvalue weighted by atomic mass is 32.1. The third kappa shape index (κ3) is 3.31. The van der Waals surface area contributed by atoms with Crippen LogP contribution in [0.25, 0.3) is 20.1 Å². The Kier molecular flexibility index (Phi) is 4.29. The Morgan fingerprint density at radius 3 is 2.76 bits per heavy atom. The van der Waals surface area contributed by atoms with Gasteiger partial charge in [0.1, 0.15) is 5.01 Å². The molecule has 0 radical (unpaired) electrons. The molecule has 124 valence electrons. The summed E-state index contributed by atoms with van der Waals surface area (Å²) in [5, 5.41) is 0.958. The van der Waals surface area contributed by atoms with Crippen LogP contribution in [-0.2, 0) is 6.54 Å². The maximum absolute atomic E-state index is 12.7. The lowest BCUT2D eigenvalue weighted by molar-refractivity contribution is 0.0790. The normalized spacial score (nSPS) is 10.9. The van der Waals surface area contributed by atoms with Crippen LogP contribution in [0.3, 0.4) is 0 Å². The minimum Gasteiger partial charge on any atom is -0.337 e. The first-order valence-electron chi connectivity index (χ1n) is 7.81. The van der Waals surface area contributed by atoms with E-state index in [9.17, 15) is 4.79 Å². The number of pyridine rings is 1. The predicted molar refractivity (Wildman–Crippen MR) is 103 cm³/mol. The fourth-order valence-corrected chi connectivity index (χ4v) is 4.59. The lowest BCUT2D eigenvalue weighted by Gasteiger charge is -2.15. The summed E-state index contributed by atoms with van der Waals surface area (Å²) in [5.41, 5.74) is 2.01. The molecular formula is C19H15N3OS2. The summed E-state index contributed by atoms with van der Waals surface area (Å²) < 4.78 is 1.16. The number of amides is 1. The van der Waals surface area contributed by atoms with Crippen LogP contribution in [0.15, 0.2) is 60.9 Å². The van der Waals surface area contributed by atoms with Crippen molar-refractivity contribution >= 4 is 38.8 Å². The number of para-hydroxylation sites is 1. The number of thiazole rings is 1. The van der Waals surface area contributed by atoms with E-state index in [0.717, 1.165) is 30.5 Å². The summed E-state index contributed by atoms with van der Waals surface area (Å²) in [6.45, 7) is 0.543. The van der Waals surface area contributed by atoms with Gasteiger partial charge in [-0.1, -0.05) is 18.2 Å². The molecule has 0 saturated heterocycles. The maximum Gasteiger partial charge on any atom is 0.263 e. The second-order valence-corrected chi connectivity index (χ2v) is 7.79. The number of carbonyl (C=O) groups excluding carboxylic acids is 1. The van der Waals surface area contributed by atoms with Crippen molar-refractivity contribution in [1.29, 1.82) is 0 Å². The minimum atomic E-state index is 0.0150. The second kappa shape index (κ2) is 6.74. The van der Waals surface area contributed by atoms with Crippen molar-refractivity contribution in [2.75, 3.05) is 7.05 Å². The largest absolute Gasteiger partial charge is 0.337 e. The molecule has 0 spiro atoms. The summed E-state index contributed by atoms with van der Waals surface area (Å²) in [5.74, 6) is 0.0150. The molecule has 0 aliphatic rings. The van der Waals surface area contributed by atoms with Crippen LogP contribution >= 0.6 is 22.7 Å². The zero-order chi connectivity index (χ0) is 17.2. The topological polar surface area (TPSA) is 46.1 Å². The highest BCUT2D eigenvalue weighted by molar-refractivity contribution is 7.26. The van der Waals surface area contributed by atoms with Gasteiger partial charge in [0.2, 0.25) is 0 Å². The van der Waals surface area contributed by atoms with Crippen molar-refractivity contribution in [3.8, 4) is 9.88 Å². The van der Waals surface area contributed by atoms with Gasteiger partial charge in [0.25, 0.3) is 5.91 Å². The van der Waals surface area contributed by atoms with Gasteiger partial charge in [-0.3, -0.25) is 9.78 Å². The van der Waals surface area contributed by atoms with Gasteiger partial charge in [0.15, 0.2) is 0 Å². The fraction of sp³-hybridized carbons (Fsp3) is 0.105. The van der Waals surface area contributed by atoms with Gasteiger partial charge in [-0.25, -0.2) is 4.98 Å². The van der Waals surface area contributed by atoms with Crippen LogP contribution in [0.4, 0.5) is 0 Å². The Hall–Kier alpha value is -2.57. The van der Waals surface area contributed by atoms with Crippen LogP contribution in [0, 0.1) is 0 Å². The number of aromatic nitrogens is 2. The average Bonchev–Trinajstić information content (AvgIpc) is 3.28. The van der Waals surface area contributed by atoms with E-state index in [-0.39, 0.29) is 5.91 Å². The fourth-order valence-electron chi connectivity index (χ4n) is 2.57. The van der Waals surface area contributed by atoms with E-state index in [1.807, 2.05) is 49.5 Å². The molecule has 0 atom stereocenters. The van der Waals surface area contributed by atoms with Crippen LogP contribution in [0.5, 0.6) is 0 Å². The van der Waals surface area contributed by atoms with E-state index in [1.54, 1.807) is 28.6 Å². The predicted octanol–water partition coefficient (Wildman–Crippen LogP) is 4.69. The molecule has 0 aliphatic carbocycles. The van der Waals surface area contributed by atoms with E-state index in [1.165, 1.54) is 11.3 Å².